The van der Waals surface area contributed by atoms with Crippen LogP contribution in [0.25, 0.3) is 0 Å². The summed E-state index contributed by atoms with van der Waals surface area (Å²) in [4.78, 5) is 26.4. The topological polar surface area (TPSA) is 69.6 Å². The van der Waals surface area contributed by atoms with E-state index in [9.17, 15) is 9.59 Å². The van der Waals surface area contributed by atoms with Crippen molar-refractivity contribution < 1.29 is 14.7 Å². The molecule has 1 heterocycles. The van der Waals surface area contributed by atoms with Crippen LogP contribution in [0.3, 0.4) is 0 Å². The Hall–Kier alpha value is -1.72. The molecule has 0 aromatic heterocycles. The minimum absolute atomic E-state index is 0.0404. The van der Waals surface area contributed by atoms with E-state index in [0.717, 1.165) is 22.3 Å². The minimum atomic E-state index is -0.204. The smallest absolute Gasteiger partial charge is 0.261 e. The molecule has 1 aliphatic rings. The Labute approximate surface area is 125 Å². The van der Waals surface area contributed by atoms with Crippen molar-refractivity contribution in [2.24, 2.45) is 0 Å². The minimum Gasteiger partial charge on any atom is -0.395 e. The summed E-state index contributed by atoms with van der Waals surface area (Å²) >= 11 is 0. The zero-order valence-electron chi connectivity index (χ0n) is 13.0. The van der Waals surface area contributed by atoms with Crippen molar-refractivity contribution in [3.8, 4) is 0 Å². The molecule has 0 saturated carbocycles. The average molecular weight is 290 g/mol. The Balaban J connectivity index is 2.34. The van der Waals surface area contributed by atoms with Crippen molar-refractivity contribution >= 4 is 11.8 Å². The van der Waals surface area contributed by atoms with Crippen molar-refractivity contribution in [3.05, 3.63) is 33.4 Å². The Kier molecular flexibility index (Phi) is 4.44. The number of carbonyl (C=O) groups excluding carboxylic acids is 2. The van der Waals surface area contributed by atoms with E-state index in [4.69, 9.17) is 5.11 Å². The van der Waals surface area contributed by atoms with Gasteiger partial charge in [-0.15, -0.1) is 0 Å². The average Bonchev–Trinajstić information content (AvgIpc) is 2.71. The molecule has 0 radical (unpaired) electrons. The van der Waals surface area contributed by atoms with Crippen molar-refractivity contribution in [2.75, 3.05) is 26.2 Å². The predicted octanol–water partition coefficient (Wildman–Crippen LogP) is 1.10. The molecule has 5 nitrogen and oxygen atoms in total. The molecule has 21 heavy (non-hydrogen) atoms. The Morgan fingerprint density at radius 2 is 1.33 bits per heavy atom. The maximum atomic E-state index is 12.5. The van der Waals surface area contributed by atoms with Crippen LogP contribution in [0.1, 0.15) is 43.0 Å². The quantitative estimate of drug-likeness (QED) is 0.629. The molecule has 0 fully saturated rings. The third-order valence-corrected chi connectivity index (χ3v) is 4.41. The van der Waals surface area contributed by atoms with Crippen molar-refractivity contribution in [1.82, 2.24) is 10.2 Å². The number of hydrogen-bond donors (Lipinski definition) is 2. The van der Waals surface area contributed by atoms with Gasteiger partial charge < -0.3 is 10.4 Å². The summed E-state index contributed by atoms with van der Waals surface area (Å²) in [6.07, 6.45) is 0. The molecule has 2 N–H and O–H groups in total. The van der Waals surface area contributed by atoms with Crippen LogP contribution in [0.15, 0.2) is 0 Å². The van der Waals surface area contributed by atoms with Gasteiger partial charge in [-0.2, -0.15) is 0 Å². The van der Waals surface area contributed by atoms with Gasteiger partial charge in [0.15, 0.2) is 0 Å². The first kappa shape index (κ1) is 15.7. The lowest BCUT2D eigenvalue weighted by molar-refractivity contribution is 0.0655. The molecular weight excluding hydrogens is 268 g/mol. The number of aliphatic hydroxyl groups is 1. The maximum absolute atomic E-state index is 12.5. The van der Waals surface area contributed by atoms with Gasteiger partial charge in [0.1, 0.15) is 0 Å². The highest BCUT2D eigenvalue weighted by Gasteiger charge is 2.38. The lowest BCUT2D eigenvalue weighted by Gasteiger charge is -2.14. The van der Waals surface area contributed by atoms with Crippen LogP contribution in [0, 0.1) is 27.7 Å². The number of aliphatic hydroxyl groups excluding tert-OH is 1. The van der Waals surface area contributed by atoms with Gasteiger partial charge in [0.25, 0.3) is 11.8 Å². The standard InChI is InChI=1S/C16H22N2O3/c1-9-10(2)12(4)14-13(11(9)3)15(20)18(16(14)21)7-5-17-6-8-19/h17,19H,5-8H2,1-4H3. The normalized spacial score (nSPS) is 14.0. The second-order valence-electron chi connectivity index (χ2n) is 5.49. The molecule has 1 aromatic rings. The Morgan fingerprint density at radius 1 is 0.857 bits per heavy atom. The van der Waals surface area contributed by atoms with E-state index < -0.39 is 0 Å². The van der Waals surface area contributed by atoms with Crippen molar-refractivity contribution in [1.29, 1.82) is 0 Å². The number of rotatable bonds is 5. The lowest BCUT2D eigenvalue weighted by Crippen LogP contribution is -2.37. The molecule has 2 amide bonds. The number of fused-ring (bicyclic) bond motifs is 1. The number of amides is 2. The number of nitrogens with one attached hydrogen (secondary N) is 1. The zero-order valence-corrected chi connectivity index (χ0v) is 13.0. The highest BCUT2D eigenvalue weighted by molar-refractivity contribution is 6.23. The monoisotopic (exact) mass is 290 g/mol. The first-order chi connectivity index (χ1) is 9.91. The second-order valence-corrected chi connectivity index (χ2v) is 5.49. The van der Waals surface area contributed by atoms with Crippen LogP contribution in [0.5, 0.6) is 0 Å². The zero-order chi connectivity index (χ0) is 15.7. The maximum Gasteiger partial charge on any atom is 0.261 e. The van der Waals surface area contributed by atoms with Gasteiger partial charge in [0.2, 0.25) is 0 Å². The van der Waals surface area contributed by atoms with E-state index in [-0.39, 0.29) is 18.4 Å². The number of carbonyl (C=O) groups is 2. The van der Waals surface area contributed by atoms with Gasteiger partial charge in [0.05, 0.1) is 17.7 Å². The summed E-state index contributed by atoms with van der Waals surface area (Å²) < 4.78 is 0. The Morgan fingerprint density at radius 3 is 1.76 bits per heavy atom. The number of hydrogen-bond acceptors (Lipinski definition) is 4. The first-order valence-electron chi connectivity index (χ1n) is 7.20. The van der Waals surface area contributed by atoms with Crippen LogP contribution in [0.4, 0.5) is 0 Å². The van der Waals surface area contributed by atoms with Crippen LogP contribution in [0.2, 0.25) is 0 Å². The van der Waals surface area contributed by atoms with Gasteiger partial charge in [-0.1, -0.05) is 0 Å². The SMILES string of the molecule is Cc1c(C)c(C)c2c(c1C)C(=O)N(CCNCCO)C2=O. The summed E-state index contributed by atoms with van der Waals surface area (Å²) in [7, 11) is 0. The largest absolute Gasteiger partial charge is 0.395 e. The van der Waals surface area contributed by atoms with Crippen LogP contribution < -0.4 is 5.32 Å². The lowest BCUT2D eigenvalue weighted by atomic mass is 9.90. The molecule has 0 spiro atoms. The number of nitrogens with zero attached hydrogens (tertiary/aromatic N) is 1. The summed E-state index contributed by atoms with van der Waals surface area (Å²) in [6, 6.07) is 0. The fourth-order valence-corrected chi connectivity index (χ4v) is 2.81. The summed E-state index contributed by atoms with van der Waals surface area (Å²) in [5.74, 6) is -0.408. The molecule has 0 aliphatic carbocycles. The Bertz CT molecular complexity index is 561. The van der Waals surface area contributed by atoms with E-state index in [1.807, 2.05) is 27.7 Å². The van der Waals surface area contributed by atoms with E-state index >= 15 is 0 Å². The third-order valence-electron chi connectivity index (χ3n) is 4.41. The fraction of sp³-hybridized carbons (Fsp3) is 0.500. The predicted molar refractivity (Wildman–Crippen MR) is 80.7 cm³/mol. The van der Waals surface area contributed by atoms with Gasteiger partial charge in [-0.3, -0.25) is 14.5 Å². The molecular formula is C16H22N2O3. The van der Waals surface area contributed by atoms with Crippen LogP contribution in [-0.2, 0) is 0 Å². The molecule has 0 bridgehead atoms. The molecule has 2 rings (SSSR count). The van der Waals surface area contributed by atoms with E-state index in [1.54, 1.807) is 0 Å². The van der Waals surface area contributed by atoms with Gasteiger partial charge in [-0.25, -0.2) is 0 Å². The first-order valence-corrected chi connectivity index (χ1v) is 7.20. The molecule has 114 valence electrons. The summed E-state index contributed by atoms with van der Waals surface area (Å²) in [5, 5.41) is 11.7. The molecule has 1 aliphatic heterocycles. The van der Waals surface area contributed by atoms with Gasteiger partial charge in [-0.05, 0) is 49.9 Å². The van der Waals surface area contributed by atoms with Crippen molar-refractivity contribution in [3.63, 3.8) is 0 Å². The van der Waals surface area contributed by atoms with Crippen LogP contribution in [-0.4, -0.2) is 48.1 Å². The third kappa shape index (κ3) is 2.47. The molecule has 0 atom stereocenters. The number of benzene rings is 1. The number of imide groups is 1. The highest BCUT2D eigenvalue weighted by atomic mass is 16.3. The van der Waals surface area contributed by atoms with Gasteiger partial charge >= 0.3 is 0 Å². The highest BCUT2D eigenvalue weighted by Crippen LogP contribution is 2.33. The van der Waals surface area contributed by atoms with E-state index in [0.29, 0.717) is 30.8 Å². The van der Waals surface area contributed by atoms with Crippen molar-refractivity contribution in [2.45, 2.75) is 27.7 Å². The molecule has 0 saturated heterocycles. The molecule has 5 heteroatoms. The summed E-state index contributed by atoms with van der Waals surface area (Å²) in [5.41, 5.74) is 5.07. The second kappa shape index (κ2) is 5.95. The molecule has 1 aromatic carbocycles. The van der Waals surface area contributed by atoms with E-state index in [1.165, 1.54) is 4.90 Å². The van der Waals surface area contributed by atoms with Gasteiger partial charge in [0, 0.05) is 19.6 Å². The fourth-order valence-electron chi connectivity index (χ4n) is 2.81. The van der Waals surface area contributed by atoms with E-state index in [2.05, 4.69) is 5.32 Å². The molecule has 0 unspecified atom stereocenters. The summed E-state index contributed by atoms with van der Waals surface area (Å²) in [6.45, 7) is 9.09. The van der Waals surface area contributed by atoms with Crippen LogP contribution >= 0.6 is 0 Å².